The Morgan fingerprint density at radius 3 is 2.64 bits per heavy atom. The molecule has 2 aliphatic rings. The fourth-order valence-electron chi connectivity index (χ4n) is 4.13. The number of halogens is 1. The average Bonchev–Trinajstić information content (AvgIpc) is 3.20. The molecule has 6 nitrogen and oxygen atoms in total. The van der Waals surface area contributed by atoms with Crippen LogP contribution in [0, 0.1) is 5.82 Å². The van der Waals surface area contributed by atoms with E-state index in [1.54, 1.807) is 0 Å². The molecule has 0 spiro atoms. The first-order valence-corrected chi connectivity index (χ1v) is 10.6. The number of fused-ring (bicyclic) bond motifs is 3. The van der Waals surface area contributed by atoms with E-state index in [4.69, 9.17) is 9.84 Å². The van der Waals surface area contributed by atoms with Gasteiger partial charge in [-0.2, -0.15) is 0 Å². The van der Waals surface area contributed by atoms with E-state index in [0.717, 1.165) is 23.3 Å². The van der Waals surface area contributed by atoms with E-state index in [1.807, 2.05) is 18.2 Å². The van der Waals surface area contributed by atoms with Crippen molar-refractivity contribution in [3.8, 4) is 5.75 Å². The van der Waals surface area contributed by atoms with Crippen LogP contribution in [0.15, 0.2) is 47.4 Å². The molecule has 1 aliphatic heterocycles. The monoisotopic (exact) mass is 405 g/mol. The number of aryl methyl sites for hydroxylation is 1. The quantitative estimate of drug-likeness (QED) is 0.771. The molecule has 8 heteroatoms. The number of sulfonamides is 1. The summed E-state index contributed by atoms with van der Waals surface area (Å²) in [6.07, 6.45) is 1.57. The van der Waals surface area contributed by atoms with Crippen molar-refractivity contribution in [2.45, 2.75) is 48.6 Å². The molecule has 1 fully saturated rings. The zero-order valence-electron chi connectivity index (χ0n) is 15.0. The standard InChI is InChI=1S/C20H20FNO5S/c21-13-5-7-14(8-6-13)28(25,26)22-16-9-10-17-19(16)15-3-1-2-12(20(15)27-17)4-11-18(23)24/h1-3,5-8,16-17,19,22H,4,9-11H2,(H,23,24). The second kappa shape index (κ2) is 7.18. The molecule has 3 unspecified atom stereocenters. The first kappa shape index (κ1) is 18.9. The zero-order valence-corrected chi connectivity index (χ0v) is 15.8. The molecule has 28 heavy (non-hydrogen) atoms. The van der Waals surface area contributed by atoms with Gasteiger partial charge in [0, 0.05) is 23.9 Å². The summed E-state index contributed by atoms with van der Waals surface area (Å²) in [4.78, 5) is 10.9. The van der Waals surface area contributed by atoms with Gasteiger partial charge in [-0.15, -0.1) is 0 Å². The van der Waals surface area contributed by atoms with Crippen molar-refractivity contribution >= 4 is 16.0 Å². The maximum Gasteiger partial charge on any atom is 0.303 e. The Bertz CT molecular complexity index is 1010. The summed E-state index contributed by atoms with van der Waals surface area (Å²) in [7, 11) is -3.78. The van der Waals surface area contributed by atoms with Gasteiger partial charge in [0.15, 0.2) is 0 Å². The number of hydrogen-bond donors (Lipinski definition) is 2. The molecule has 0 aromatic heterocycles. The Morgan fingerprint density at radius 1 is 1.18 bits per heavy atom. The number of carbonyl (C=O) groups is 1. The van der Waals surface area contributed by atoms with E-state index >= 15 is 0 Å². The average molecular weight is 405 g/mol. The van der Waals surface area contributed by atoms with E-state index in [-0.39, 0.29) is 29.4 Å². The zero-order chi connectivity index (χ0) is 19.9. The minimum atomic E-state index is -3.78. The van der Waals surface area contributed by atoms with Crippen molar-refractivity contribution in [3.63, 3.8) is 0 Å². The maximum atomic E-state index is 13.1. The Morgan fingerprint density at radius 2 is 1.93 bits per heavy atom. The van der Waals surface area contributed by atoms with Crippen molar-refractivity contribution in [2.75, 3.05) is 0 Å². The van der Waals surface area contributed by atoms with Crippen LogP contribution in [0.5, 0.6) is 5.75 Å². The normalized spacial score (nSPS) is 23.1. The molecule has 2 aromatic rings. The molecule has 1 heterocycles. The molecule has 2 aromatic carbocycles. The molecule has 0 radical (unpaired) electrons. The van der Waals surface area contributed by atoms with Gasteiger partial charge in [-0.25, -0.2) is 17.5 Å². The highest BCUT2D eigenvalue weighted by Gasteiger charge is 2.46. The third kappa shape index (κ3) is 3.49. The Labute approximate surface area is 162 Å². The predicted molar refractivity (Wildman–Crippen MR) is 99.3 cm³/mol. The van der Waals surface area contributed by atoms with Crippen LogP contribution in [0.4, 0.5) is 4.39 Å². The third-order valence-corrected chi connectivity index (χ3v) is 6.90. The first-order chi connectivity index (χ1) is 13.3. The SMILES string of the molecule is O=C(O)CCc1cccc2c1OC1CCC(NS(=O)(=O)c3ccc(F)cc3)C21. The van der Waals surface area contributed by atoms with Crippen LogP contribution in [-0.2, 0) is 21.2 Å². The second-order valence-corrected chi connectivity index (χ2v) is 8.88. The number of carboxylic acid groups (broad SMARTS) is 1. The van der Waals surface area contributed by atoms with Crippen LogP contribution in [0.1, 0.15) is 36.3 Å². The summed E-state index contributed by atoms with van der Waals surface area (Å²) in [6, 6.07) is 10.0. The van der Waals surface area contributed by atoms with Gasteiger partial charge < -0.3 is 9.84 Å². The minimum Gasteiger partial charge on any atom is -0.489 e. The lowest BCUT2D eigenvalue weighted by molar-refractivity contribution is -0.136. The molecule has 1 aliphatic carbocycles. The summed E-state index contributed by atoms with van der Waals surface area (Å²) in [5.74, 6) is -0.813. The van der Waals surface area contributed by atoms with Crippen LogP contribution in [0.2, 0.25) is 0 Å². The van der Waals surface area contributed by atoms with Crippen molar-refractivity contribution in [3.05, 3.63) is 59.4 Å². The largest absolute Gasteiger partial charge is 0.489 e. The number of carboxylic acids is 1. The Hall–Kier alpha value is -2.45. The van der Waals surface area contributed by atoms with Gasteiger partial charge in [0.05, 0.1) is 4.90 Å². The van der Waals surface area contributed by atoms with Crippen LogP contribution < -0.4 is 9.46 Å². The number of rotatable bonds is 6. The van der Waals surface area contributed by atoms with Gasteiger partial charge in [0.1, 0.15) is 17.7 Å². The number of aliphatic carboxylic acids is 1. The predicted octanol–water partition coefficient (Wildman–Crippen LogP) is 2.83. The molecule has 148 valence electrons. The molecule has 4 rings (SSSR count). The van der Waals surface area contributed by atoms with Gasteiger partial charge in [0.2, 0.25) is 10.0 Å². The van der Waals surface area contributed by atoms with E-state index in [2.05, 4.69) is 4.72 Å². The number of ether oxygens (including phenoxy) is 1. The van der Waals surface area contributed by atoms with Crippen molar-refractivity contribution < 1.29 is 27.4 Å². The van der Waals surface area contributed by atoms with Gasteiger partial charge >= 0.3 is 5.97 Å². The molecule has 1 saturated carbocycles. The fourth-order valence-corrected chi connectivity index (χ4v) is 5.42. The van der Waals surface area contributed by atoms with Crippen LogP contribution in [-0.4, -0.2) is 31.6 Å². The van der Waals surface area contributed by atoms with Crippen LogP contribution in [0.25, 0.3) is 0 Å². The minimum absolute atomic E-state index is 0.00969. The van der Waals surface area contributed by atoms with E-state index < -0.39 is 21.8 Å². The summed E-state index contributed by atoms with van der Waals surface area (Å²) < 4.78 is 47.3. The number of para-hydroxylation sites is 1. The molecule has 2 N–H and O–H groups in total. The molecular weight excluding hydrogens is 385 g/mol. The summed E-state index contributed by atoms with van der Waals surface area (Å²) in [5, 5.41) is 8.94. The number of nitrogens with one attached hydrogen (secondary N) is 1. The highest BCUT2D eigenvalue weighted by atomic mass is 32.2. The maximum absolute atomic E-state index is 13.1. The fraction of sp³-hybridized carbons (Fsp3) is 0.350. The lowest BCUT2D eigenvalue weighted by Crippen LogP contribution is -2.37. The molecule has 3 atom stereocenters. The summed E-state index contributed by atoms with van der Waals surface area (Å²) >= 11 is 0. The lowest BCUT2D eigenvalue weighted by atomic mass is 9.92. The van der Waals surface area contributed by atoms with Gasteiger partial charge in [-0.1, -0.05) is 18.2 Å². The van der Waals surface area contributed by atoms with Crippen LogP contribution >= 0.6 is 0 Å². The molecular formula is C20H20FNO5S. The van der Waals surface area contributed by atoms with Crippen molar-refractivity contribution in [1.29, 1.82) is 0 Å². The highest BCUT2D eigenvalue weighted by molar-refractivity contribution is 7.89. The van der Waals surface area contributed by atoms with Gasteiger partial charge in [-0.3, -0.25) is 4.79 Å². The van der Waals surface area contributed by atoms with Crippen molar-refractivity contribution in [1.82, 2.24) is 4.72 Å². The van der Waals surface area contributed by atoms with Crippen LogP contribution in [0.3, 0.4) is 0 Å². The van der Waals surface area contributed by atoms with E-state index in [0.29, 0.717) is 25.0 Å². The first-order valence-electron chi connectivity index (χ1n) is 9.13. The Balaban J connectivity index is 1.58. The second-order valence-electron chi connectivity index (χ2n) is 7.17. The Kier molecular flexibility index (Phi) is 4.84. The van der Waals surface area contributed by atoms with Gasteiger partial charge in [0.25, 0.3) is 0 Å². The van der Waals surface area contributed by atoms with Gasteiger partial charge in [-0.05, 0) is 49.1 Å². The highest BCUT2D eigenvalue weighted by Crippen LogP contribution is 2.49. The smallest absolute Gasteiger partial charge is 0.303 e. The number of hydrogen-bond acceptors (Lipinski definition) is 4. The molecule has 0 bridgehead atoms. The lowest BCUT2D eigenvalue weighted by Gasteiger charge is -2.19. The third-order valence-electron chi connectivity index (χ3n) is 5.39. The van der Waals surface area contributed by atoms with E-state index in [9.17, 15) is 17.6 Å². The van der Waals surface area contributed by atoms with Crippen molar-refractivity contribution in [2.24, 2.45) is 0 Å². The summed E-state index contributed by atoms with van der Waals surface area (Å²) in [6.45, 7) is 0. The molecule has 0 amide bonds. The summed E-state index contributed by atoms with van der Waals surface area (Å²) in [5.41, 5.74) is 1.74. The topological polar surface area (TPSA) is 92.7 Å². The molecule has 0 saturated heterocycles. The number of benzene rings is 2. The van der Waals surface area contributed by atoms with E-state index in [1.165, 1.54) is 12.1 Å².